The van der Waals surface area contributed by atoms with E-state index in [1.54, 1.807) is 6.92 Å². The molecule has 0 atom stereocenters. The quantitative estimate of drug-likeness (QED) is 0.814. The van der Waals surface area contributed by atoms with Crippen LogP contribution < -0.4 is 10.3 Å². The zero-order valence-corrected chi connectivity index (χ0v) is 9.96. The van der Waals surface area contributed by atoms with Crippen molar-refractivity contribution in [2.45, 2.75) is 19.8 Å². The Hall–Kier alpha value is -1.92. The summed E-state index contributed by atoms with van der Waals surface area (Å²) in [5, 5.41) is 0. The van der Waals surface area contributed by atoms with Crippen molar-refractivity contribution in [1.29, 1.82) is 0 Å². The Kier molecular flexibility index (Phi) is 4.82. The number of rotatable bonds is 5. The Labute approximate surface area is 102 Å². The van der Waals surface area contributed by atoms with Crippen LogP contribution >= 0.6 is 0 Å². The van der Waals surface area contributed by atoms with Gasteiger partial charge < -0.3 is 9.47 Å². The number of carbonyl (C=O) groups is 1. The van der Waals surface area contributed by atoms with Gasteiger partial charge in [-0.3, -0.25) is 14.6 Å². The van der Waals surface area contributed by atoms with Crippen molar-refractivity contribution in [1.82, 2.24) is 4.98 Å². The Bertz CT molecular complexity index is 484. The Balaban J connectivity index is 3.16. The van der Waals surface area contributed by atoms with Crippen molar-refractivity contribution >= 4 is 5.97 Å². The lowest BCUT2D eigenvalue weighted by Gasteiger charge is -2.09. The summed E-state index contributed by atoms with van der Waals surface area (Å²) in [5.74, 6) is -0.807. The fourth-order valence-corrected chi connectivity index (χ4v) is 1.43. The van der Waals surface area contributed by atoms with Crippen molar-refractivity contribution in [3.05, 3.63) is 27.5 Å². The maximum absolute atomic E-state index is 12.8. The van der Waals surface area contributed by atoms with E-state index in [1.165, 1.54) is 7.11 Å². The molecule has 0 fully saturated rings. The van der Waals surface area contributed by atoms with Crippen molar-refractivity contribution in [2.24, 2.45) is 0 Å². The van der Waals surface area contributed by atoms with Crippen LogP contribution in [0.4, 0.5) is 8.78 Å². The number of esters is 1. The number of H-pyrrole nitrogens is 1. The molecular formula is C11H13F2NO4. The maximum atomic E-state index is 12.8. The van der Waals surface area contributed by atoms with Gasteiger partial charge in [-0.2, -0.15) is 0 Å². The SMILES string of the molecule is CCOC(=O)Cc1c(C(F)F)cc(OC)[nH]c1=O. The highest BCUT2D eigenvalue weighted by Crippen LogP contribution is 2.23. The number of methoxy groups -OCH3 is 1. The third-order valence-corrected chi connectivity index (χ3v) is 2.23. The topological polar surface area (TPSA) is 68.4 Å². The molecule has 0 saturated heterocycles. The van der Waals surface area contributed by atoms with E-state index >= 15 is 0 Å². The molecule has 18 heavy (non-hydrogen) atoms. The summed E-state index contributed by atoms with van der Waals surface area (Å²) in [6.07, 6.45) is -3.36. The molecule has 5 nitrogen and oxygen atoms in total. The van der Waals surface area contributed by atoms with Crippen molar-refractivity contribution in [3.63, 3.8) is 0 Å². The molecule has 1 aromatic heterocycles. The molecule has 100 valence electrons. The van der Waals surface area contributed by atoms with E-state index in [0.29, 0.717) is 0 Å². The maximum Gasteiger partial charge on any atom is 0.310 e. The zero-order chi connectivity index (χ0) is 13.7. The number of aromatic nitrogens is 1. The molecule has 0 spiro atoms. The van der Waals surface area contributed by atoms with E-state index < -0.39 is 29.9 Å². The summed E-state index contributed by atoms with van der Waals surface area (Å²) in [5.41, 5.74) is -1.61. The van der Waals surface area contributed by atoms with Crippen LogP contribution in [0, 0.1) is 0 Å². The molecule has 1 heterocycles. The van der Waals surface area contributed by atoms with E-state index in [2.05, 4.69) is 14.5 Å². The Morgan fingerprint density at radius 2 is 2.17 bits per heavy atom. The second-order valence-electron chi connectivity index (χ2n) is 3.38. The third kappa shape index (κ3) is 3.28. The highest BCUT2D eigenvalue weighted by molar-refractivity contribution is 5.73. The first-order chi connectivity index (χ1) is 8.49. The Morgan fingerprint density at radius 1 is 1.50 bits per heavy atom. The lowest BCUT2D eigenvalue weighted by atomic mass is 10.1. The normalized spacial score (nSPS) is 10.5. The second-order valence-corrected chi connectivity index (χ2v) is 3.38. The minimum Gasteiger partial charge on any atom is -0.482 e. The highest BCUT2D eigenvalue weighted by Gasteiger charge is 2.20. The molecule has 0 amide bonds. The number of aromatic amines is 1. The fourth-order valence-electron chi connectivity index (χ4n) is 1.43. The lowest BCUT2D eigenvalue weighted by molar-refractivity contribution is -0.142. The standard InChI is InChI=1S/C11H13F2NO4/c1-3-18-9(15)5-7-6(10(12)13)4-8(17-2)14-11(7)16/h4,10H,3,5H2,1-2H3,(H,14,16). The van der Waals surface area contributed by atoms with Gasteiger partial charge in [0.2, 0.25) is 0 Å². The molecule has 0 aromatic carbocycles. The predicted octanol–water partition coefficient (Wildman–Crippen LogP) is 1.43. The molecule has 0 aliphatic heterocycles. The molecule has 0 radical (unpaired) electrons. The van der Waals surface area contributed by atoms with Gasteiger partial charge in [0.15, 0.2) is 5.88 Å². The molecule has 7 heteroatoms. The van der Waals surface area contributed by atoms with E-state index in [-0.39, 0.29) is 18.1 Å². The van der Waals surface area contributed by atoms with E-state index in [4.69, 9.17) is 0 Å². The lowest BCUT2D eigenvalue weighted by Crippen LogP contribution is -2.21. The van der Waals surface area contributed by atoms with Gasteiger partial charge in [-0.1, -0.05) is 0 Å². The van der Waals surface area contributed by atoms with Gasteiger partial charge in [0, 0.05) is 17.2 Å². The van der Waals surface area contributed by atoms with Crippen LogP contribution in [0.25, 0.3) is 0 Å². The number of halogens is 2. The smallest absolute Gasteiger partial charge is 0.310 e. The zero-order valence-electron chi connectivity index (χ0n) is 9.96. The van der Waals surface area contributed by atoms with Crippen molar-refractivity contribution in [2.75, 3.05) is 13.7 Å². The van der Waals surface area contributed by atoms with Crippen molar-refractivity contribution < 1.29 is 23.0 Å². The first kappa shape index (κ1) is 14.1. The second kappa shape index (κ2) is 6.13. The van der Waals surface area contributed by atoms with E-state index in [1.807, 2.05) is 0 Å². The summed E-state index contributed by atoms with van der Waals surface area (Å²) in [6.45, 7) is 1.71. The fraction of sp³-hybridized carbons (Fsp3) is 0.455. The third-order valence-electron chi connectivity index (χ3n) is 2.23. The number of alkyl halides is 2. The summed E-state index contributed by atoms with van der Waals surface area (Å²) < 4.78 is 34.9. The van der Waals surface area contributed by atoms with Crippen molar-refractivity contribution in [3.8, 4) is 5.88 Å². The Morgan fingerprint density at radius 3 is 2.67 bits per heavy atom. The van der Waals surface area contributed by atoms with Gasteiger partial charge in [-0.05, 0) is 6.92 Å². The summed E-state index contributed by atoms with van der Waals surface area (Å²) in [7, 11) is 1.24. The van der Waals surface area contributed by atoms with E-state index in [0.717, 1.165) is 6.07 Å². The molecular weight excluding hydrogens is 248 g/mol. The summed E-state index contributed by atoms with van der Waals surface area (Å²) >= 11 is 0. The minimum absolute atomic E-state index is 0.0806. The van der Waals surface area contributed by atoms with Crippen LogP contribution in [0.5, 0.6) is 5.88 Å². The number of hydrogen-bond donors (Lipinski definition) is 1. The van der Waals surface area contributed by atoms with Gasteiger partial charge in [0.1, 0.15) is 0 Å². The number of hydrogen-bond acceptors (Lipinski definition) is 4. The van der Waals surface area contributed by atoms with Crippen LogP contribution in [-0.4, -0.2) is 24.7 Å². The molecule has 0 saturated carbocycles. The molecule has 0 bridgehead atoms. The molecule has 1 aromatic rings. The largest absolute Gasteiger partial charge is 0.482 e. The molecule has 0 aliphatic carbocycles. The summed E-state index contributed by atoms with van der Waals surface area (Å²) in [4.78, 5) is 25.1. The number of nitrogens with one attached hydrogen (secondary N) is 1. The molecule has 1 rings (SSSR count). The van der Waals surface area contributed by atoms with Gasteiger partial charge >= 0.3 is 5.97 Å². The van der Waals surface area contributed by atoms with E-state index in [9.17, 15) is 18.4 Å². The van der Waals surface area contributed by atoms with Crippen LogP contribution in [-0.2, 0) is 16.0 Å². The molecule has 0 aliphatic rings. The summed E-state index contributed by atoms with van der Waals surface area (Å²) in [6, 6.07) is 1.00. The number of ether oxygens (including phenoxy) is 2. The number of carbonyl (C=O) groups excluding carboxylic acids is 1. The first-order valence-electron chi connectivity index (χ1n) is 5.23. The average molecular weight is 261 g/mol. The van der Waals surface area contributed by atoms with Gasteiger partial charge in [-0.25, -0.2) is 8.78 Å². The van der Waals surface area contributed by atoms with Gasteiger partial charge in [0.05, 0.1) is 20.1 Å². The minimum atomic E-state index is -2.87. The van der Waals surface area contributed by atoms with Crippen LogP contribution in [0.2, 0.25) is 0 Å². The van der Waals surface area contributed by atoms with Gasteiger partial charge in [0.25, 0.3) is 12.0 Å². The van der Waals surface area contributed by atoms with Crippen LogP contribution in [0.3, 0.4) is 0 Å². The molecule has 1 N–H and O–H groups in total. The molecule has 0 unspecified atom stereocenters. The number of pyridine rings is 1. The predicted molar refractivity (Wildman–Crippen MR) is 58.9 cm³/mol. The van der Waals surface area contributed by atoms with Gasteiger partial charge in [-0.15, -0.1) is 0 Å². The first-order valence-corrected chi connectivity index (χ1v) is 5.23. The average Bonchev–Trinajstić information content (AvgIpc) is 2.31. The van der Waals surface area contributed by atoms with Crippen LogP contribution in [0.1, 0.15) is 24.5 Å². The monoisotopic (exact) mass is 261 g/mol. The highest BCUT2D eigenvalue weighted by atomic mass is 19.3. The van der Waals surface area contributed by atoms with Crippen LogP contribution in [0.15, 0.2) is 10.9 Å².